The molecule has 154 valence electrons. The van der Waals surface area contributed by atoms with Gasteiger partial charge in [0.05, 0.1) is 23.6 Å². The van der Waals surface area contributed by atoms with Crippen molar-refractivity contribution in [1.82, 2.24) is 0 Å². The van der Waals surface area contributed by atoms with Crippen LogP contribution in [0.5, 0.6) is 0 Å². The topological polar surface area (TPSA) is 64.3 Å². The van der Waals surface area contributed by atoms with E-state index in [4.69, 9.17) is 10.5 Å². The van der Waals surface area contributed by atoms with E-state index >= 15 is 0 Å². The minimum absolute atomic E-state index is 0.254. The number of ether oxygens (including phenoxy) is 1. The normalized spacial score (nSPS) is 17.8. The number of nitrogens with one attached hydrogen (secondary N) is 1. The first kappa shape index (κ1) is 21.0. The number of amides is 1. The molecular weight excluding hydrogens is 360 g/mol. The fourth-order valence-electron chi connectivity index (χ4n) is 4.12. The molecule has 1 aliphatic carbocycles. The van der Waals surface area contributed by atoms with Crippen LogP contribution >= 0.6 is 0 Å². The molecule has 0 saturated carbocycles. The Hall–Kier alpha value is -2.75. The van der Waals surface area contributed by atoms with Crippen LogP contribution in [-0.4, -0.2) is 12.5 Å². The third kappa shape index (κ3) is 4.64. The van der Waals surface area contributed by atoms with Crippen molar-refractivity contribution < 1.29 is 9.53 Å². The molecule has 4 nitrogen and oxygen atoms in total. The zero-order valence-electron chi connectivity index (χ0n) is 17.6. The summed E-state index contributed by atoms with van der Waals surface area (Å²) in [7, 11) is 0. The molecule has 0 spiro atoms. The molecule has 1 aromatic rings. The van der Waals surface area contributed by atoms with Crippen LogP contribution in [0.3, 0.4) is 0 Å². The smallest absolute Gasteiger partial charge is 0.250 e. The van der Waals surface area contributed by atoms with Gasteiger partial charge in [0.25, 0.3) is 5.91 Å². The number of anilines is 1. The van der Waals surface area contributed by atoms with E-state index in [-0.39, 0.29) is 5.92 Å². The molecule has 0 saturated heterocycles. The molecule has 1 atom stereocenters. The van der Waals surface area contributed by atoms with Crippen LogP contribution in [0.25, 0.3) is 5.57 Å². The van der Waals surface area contributed by atoms with Gasteiger partial charge < -0.3 is 15.8 Å². The molecule has 1 aromatic carbocycles. The van der Waals surface area contributed by atoms with E-state index in [2.05, 4.69) is 44.0 Å². The largest absolute Gasteiger partial charge is 0.498 e. The van der Waals surface area contributed by atoms with Gasteiger partial charge in [-0.05, 0) is 78.6 Å². The fraction of sp³-hybridized carbons (Fsp3) is 0.400. The van der Waals surface area contributed by atoms with Crippen LogP contribution < -0.4 is 11.1 Å². The number of allylic oxidation sites excluding steroid dienone is 6. The number of primary amides is 1. The van der Waals surface area contributed by atoms with Gasteiger partial charge in [-0.3, -0.25) is 4.79 Å². The summed E-state index contributed by atoms with van der Waals surface area (Å²) in [5.74, 6) is 0.959. The zero-order valence-corrected chi connectivity index (χ0v) is 17.6. The number of carbonyl (C=O) groups excluding carboxylic acids is 1. The van der Waals surface area contributed by atoms with E-state index in [1.807, 2.05) is 12.1 Å². The van der Waals surface area contributed by atoms with Crippen molar-refractivity contribution in [3.05, 3.63) is 71.2 Å². The second-order valence-electron chi connectivity index (χ2n) is 7.77. The predicted octanol–water partition coefficient (Wildman–Crippen LogP) is 6.04. The molecule has 0 fully saturated rings. The lowest BCUT2D eigenvalue weighted by molar-refractivity contribution is 0.100. The molecule has 1 heterocycles. The second kappa shape index (κ2) is 9.64. The maximum atomic E-state index is 12.1. The van der Waals surface area contributed by atoms with E-state index in [0.717, 1.165) is 73.3 Å². The van der Waals surface area contributed by atoms with E-state index in [0.29, 0.717) is 5.56 Å². The number of hydrogen-bond acceptors (Lipinski definition) is 3. The quantitative estimate of drug-likeness (QED) is 0.620. The summed E-state index contributed by atoms with van der Waals surface area (Å²) in [6.45, 7) is 8.96. The molecule has 3 rings (SSSR count). The van der Waals surface area contributed by atoms with Crippen molar-refractivity contribution in [2.24, 2.45) is 5.73 Å². The van der Waals surface area contributed by atoms with Crippen molar-refractivity contribution >= 4 is 17.2 Å². The lowest BCUT2D eigenvalue weighted by Crippen LogP contribution is -2.16. The van der Waals surface area contributed by atoms with Gasteiger partial charge in [-0.1, -0.05) is 38.6 Å². The Labute approximate surface area is 174 Å². The number of benzene rings is 1. The lowest BCUT2D eigenvalue weighted by atomic mass is 9.85. The molecule has 0 bridgehead atoms. The third-order valence-corrected chi connectivity index (χ3v) is 5.80. The van der Waals surface area contributed by atoms with Crippen LogP contribution in [0.4, 0.5) is 5.69 Å². The van der Waals surface area contributed by atoms with E-state index < -0.39 is 5.91 Å². The highest BCUT2D eigenvalue weighted by atomic mass is 16.5. The summed E-state index contributed by atoms with van der Waals surface area (Å²) in [6, 6.07) is 3.86. The van der Waals surface area contributed by atoms with E-state index in [1.54, 1.807) is 6.20 Å². The SMILES string of the molecule is C=CNc1c(C(N)=O)ccc(C2=CC3=C(CCCC=C2)OCCC3)c1C(C)CC. The number of rotatable bonds is 6. The van der Waals surface area contributed by atoms with E-state index in [9.17, 15) is 4.79 Å². The molecule has 1 aliphatic heterocycles. The van der Waals surface area contributed by atoms with Crippen molar-refractivity contribution in [2.75, 3.05) is 11.9 Å². The van der Waals surface area contributed by atoms with Crippen LogP contribution in [-0.2, 0) is 4.74 Å². The highest BCUT2D eigenvalue weighted by Crippen LogP contribution is 2.39. The van der Waals surface area contributed by atoms with Crippen molar-refractivity contribution in [1.29, 1.82) is 0 Å². The second-order valence-corrected chi connectivity index (χ2v) is 7.77. The molecule has 1 unspecified atom stereocenters. The molecule has 3 N–H and O–H groups in total. The van der Waals surface area contributed by atoms with E-state index in [1.165, 1.54) is 5.57 Å². The van der Waals surface area contributed by atoms with Crippen LogP contribution in [0.2, 0.25) is 0 Å². The molecule has 0 aromatic heterocycles. The average molecular weight is 393 g/mol. The van der Waals surface area contributed by atoms with Gasteiger partial charge in [0, 0.05) is 6.42 Å². The summed E-state index contributed by atoms with van der Waals surface area (Å²) in [5, 5.41) is 3.19. The first-order valence-electron chi connectivity index (χ1n) is 10.6. The highest BCUT2D eigenvalue weighted by Gasteiger charge is 2.22. The minimum Gasteiger partial charge on any atom is -0.498 e. The Morgan fingerprint density at radius 1 is 1.34 bits per heavy atom. The van der Waals surface area contributed by atoms with Gasteiger partial charge in [0.15, 0.2) is 0 Å². The van der Waals surface area contributed by atoms with Gasteiger partial charge in [-0.15, -0.1) is 0 Å². The van der Waals surface area contributed by atoms with Gasteiger partial charge in [-0.2, -0.15) is 0 Å². The number of hydrogen-bond donors (Lipinski definition) is 2. The summed E-state index contributed by atoms with van der Waals surface area (Å²) in [6.07, 6.45) is 14.5. The third-order valence-electron chi connectivity index (χ3n) is 5.80. The van der Waals surface area contributed by atoms with Crippen molar-refractivity contribution in [2.45, 2.75) is 58.3 Å². The number of carbonyl (C=O) groups is 1. The summed E-state index contributed by atoms with van der Waals surface area (Å²) in [4.78, 5) is 12.1. The Balaban J connectivity index is 2.24. The molecule has 2 aliphatic rings. The first-order valence-corrected chi connectivity index (χ1v) is 10.6. The van der Waals surface area contributed by atoms with Gasteiger partial charge in [0.1, 0.15) is 0 Å². The first-order chi connectivity index (χ1) is 14.1. The van der Waals surface area contributed by atoms with Gasteiger partial charge in [0.2, 0.25) is 0 Å². The Morgan fingerprint density at radius 2 is 2.17 bits per heavy atom. The van der Waals surface area contributed by atoms with Crippen molar-refractivity contribution in [3.63, 3.8) is 0 Å². The minimum atomic E-state index is -0.435. The summed E-state index contributed by atoms with van der Waals surface area (Å²) >= 11 is 0. The maximum absolute atomic E-state index is 12.1. The molecule has 0 radical (unpaired) electrons. The van der Waals surface area contributed by atoms with Crippen LogP contribution in [0, 0.1) is 0 Å². The van der Waals surface area contributed by atoms with Gasteiger partial charge >= 0.3 is 0 Å². The lowest BCUT2D eigenvalue weighted by Gasteiger charge is -2.23. The Kier molecular flexibility index (Phi) is 6.97. The molecule has 1 amide bonds. The Bertz CT molecular complexity index is 877. The average Bonchev–Trinajstić information content (AvgIpc) is 2.83. The van der Waals surface area contributed by atoms with Gasteiger partial charge in [-0.25, -0.2) is 0 Å². The predicted molar refractivity (Wildman–Crippen MR) is 121 cm³/mol. The molecule has 29 heavy (non-hydrogen) atoms. The summed E-state index contributed by atoms with van der Waals surface area (Å²) in [5.41, 5.74) is 11.6. The highest BCUT2D eigenvalue weighted by molar-refractivity contribution is 6.01. The maximum Gasteiger partial charge on any atom is 0.250 e. The monoisotopic (exact) mass is 392 g/mol. The molecular formula is C25H32N2O2. The van der Waals surface area contributed by atoms with Crippen LogP contribution in [0.15, 0.2) is 54.5 Å². The standard InChI is InChI=1S/C25H32N2O2/c1-4-17(3)23-20(13-14-21(25(26)28)24(23)27-5-2)18-10-7-6-8-12-22-19(16-18)11-9-15-29-22/h5,7,10,13-14,16-17,27H,2,4,6,8-9,11-12,15H2,1,3H3,(H2,26,28). The zero-order chi connectivity index (χ0) is 20.8. The number of nitrogens with two attached hydrogens (primary N) is 1. The van der Waals surface area contributed by atoms with Crippen LogP contribution in [0.1, 0.15) is 79.8 Å². The van der Waals surface area contributed by atoms with Crippen molar-refractivity contribution in [3.8, 4) is 0 Å². The fourth-order valence-corrected chi connectivity index (χ4v) is 4.12. The summed E-state index contributed by atoms with van der Waals surface area (Å²) < 4.78 is 5.99. The molecule has 4 heteroatoms. The Morgan fingerprint density at radius 3 is 2.90 bits per heavy atom.